The van der Waals surface area contributed by atoms with Crippen molar-refractivity contribution < 1.29 is 9.90 Å². The van der Waals surface area contributed by atoms with Gasteiger partial charge < -0.3 is 15.7 Å². The molecule has 0 unspecified atom stereocenters. The number of carbonyl (C=O) groups is 1. The van der Waals surface area contributed by atoms with Gasteiger partial charge in [0.05, 0.1) is 6.61 Å². The monoisotopic (exact) mass is 283 g/mol. The Morgan fingerprint density at radius 3 is 2.30 bits per heavy atom. The summed E-state index contributed by atoms with van der Waals surface area (Å²) in [5, 5.41) is 14.4. The van der Waals surface area contributed by atoms with Gasteiger partial charge in [-0.3, -0.25) is 4.90 Å². The fourth-order valence-electron chi connectivity index (χ4n) is 3.66. The Morgan fingerprint density at radius 1 is 1.00 bits per heavy atom. The fraction of sp³-hybridized carbons (Fsp3) is 0.933. The lowest BCUT2D eigenvalue weighted by Gasteiger charge is -2.48. The number of nitrogens with one attached hydrogen (secondary N) is 2. The Labute approximate surface area is 122 Å². The summed E-state index contributed by atoms with van der Waals surface area (Å²) in [6.07, 6.45) is 10.2. The van der Waals surface area contributed by atoms with E-state index in [0.29, 0.717) is 6.54 Å². The first-order chi connectivity index (χ1) is 9.77. The highest BCUT2D eigenvalue weighted by molar-refractivity contribution is 5.73. The molecule has 0 spiro atoms. The number of carbonyl (C=O) groups excluding carboxylic acids is 1. The molecule has 1 heterocycles. The average Bonchev–Trinajstić information content (AvgIpc) is 2.52. The maximum absolute atomic E-state index is 11.7. The van der Waals surface area contributed by atoms with Crippen LogP contribution in [0.25, 0.3) is 0 Å². The van der Waals surface area contributed by atoms with Crippen LogP contribution in [0.2, 0.25) is 0 Å². The van der Waals surface area contributed by atoms with E-state index in [-0.39, 0.29) is 18.2 Å². The minimum absolute atomic E-state index is 0.00924. The van der Waals surface area contributed by atoms with Crippen LogP contribution in [-0.4, -0.2) is 54.4 Å². The molecule has 0 atom stereocenters. The number of urea groups is 1. The van der Waals surface area contributed by atoms with Gasteiger partial charge in [0.15, 0.2) is 0 Å². The molecule has 0 aromatic carbocycles. The molecule has 1 saturated heterocycles. The molecule has 5 nitrogen and oxygen atoms in total. The average molecular weight is 283 g/mol. The Morgan fingerprint density at radius 2 is 1.65 bits per heavy atom. The van der Waals surface area contributed by atoms with E-state index >= 15 is 0 Å². The van der Waals surface area contributed by atoms with E-state index in [1.54, 1.807) is 0 Å². The van der Waals surface area contributed by atoms with Gasteiger partial charge in [-0.1, -0.05) is 25.7 Å². The topological polar surface area (TPSA) is 64.6 Å². The summed E-state index contributed by atoms with van der Waals surface area (Å²) in [6, 6.07) is -0.152. The molecule has 2 amide bonds. The molecule has 2 rings (SSSR count). The first kappa shape index (κ1) is 15.6. The largest absolute Gasteiger partial charge is 0.395 e. The van der Waals surface area contributed by atoms with Crippen molar-refractivity contribution in [3.63, 3.8) is 0 Å². The van der Waals surface area contributed by atoms with E-state index in [1.165, 1.54) is 64.5 Å². The normalized spacial score (nSPS) is 23.2. The summed E-state index contributed by atoms with van der Waals surface area (Å²) < 4.78 is 0. The first-order valence-corrected chi connectivity index (χ1v) is 8.14. The Kier molecular flexibility index (Phi) is 6.10. The molecule has 0 aromatic heterocycles. The van der Waals surface area contributed by atoms with Crippen molar-refractivity contribution in [1.29, 1.82) is 0 Å². The Balaban J connectivity index is 1.90. The second-order valence-electron chi connectivity index (χ2n) is 6.17. The number of aliphatic hydroxyl groups is 1. The van der Waals surface area contributed by atoms with E-state index in [0.717, 1.165) is 6.54 Å². The van der Waals surface area contributed by atoms with E-state index in [4.69, 9.17) is 5.11 Å². The minimum atomic E-state index is -0.152. The Bertz CT molecular complexity index is 297. The van der Waals surface area contributed by atoms with Crippen LogP contribution in [0.4, 0.5) is 4.79 Å². The molecule has 2 aliphatic rings. The van der Waals surface area contributed by atoms with Crippen molar-refractivity contribution >= 4 is 6.03 Å². The number of piperidine rings is 1. The van der Waals surface area contributed by atoms with Gasteiger partial charge in [-0.2, -0.15) is 0 Å². The van der Waals surface area contributed by atoms with Gasteiger partial charge in [0.25, 0.3) is 0 Å². The van der Waals surface area contributed by atoms with Crippen molar-refractivity contribution in [1.82, 2.24) is 15.5 Å². The van der Waals surface area contributed by atoms with Crippen molar-refractivity contribution in [3.8, 4) is 0 Å². The van der Waals surface area contributed by atoms with Crippen molar-refractivity contribution in [2.24, 2.45) is 0 Å². The van der Waals surface area contributed by atoms with Crippen LogP contribution in [0.1, 0.15) is 51.4 Å². The second-order valence-corrected chi connectivity index (χ2v) is 6.17. The van der Waals surface area contributed by atoms with Gasteiger partial charge in [0, 0.05) is 18.6 Å². The lowest BCUT2D eigenvalue weighted by Crippen LogP contribution is -2.59. The van der Waals surface area contributed by atoms with Gasteiger partial charge in [-0.15, -0.1) is 0 Å². The minimum Gasteiger partial charge on any atom is -0.395 e. The number of nitrogens with zero attached hydrogens (tertiary/aromatic N) is 1. The maximum Gasteiger partial charge on any atom is 0.314 e. The number of aliphatic hydroxyl groups excluding tert-OH is 1. The van der Waals surface area contributed by atoms with Crippen LogP contribution < -0.4 is 10.6 Å². The molecule has 1 aliphatic carbocycles. The number of amides is 2. The summed E-state index contributed by atoms with van der Waals surface area (Å²) >= 11 is 0. The van der Waals surface area contributed by atoms with Crippen LogP contribution in [0.15, 0.2) is 0 Å². The molecular weight excluding hydrogens is 254 g/mol. The summed E-state index contributed by atoms with van der Waals surface area (Å²) in [5.74, 6) is 0. The first-order valence-electron chi connectivity index (χ1n) is 8.14. The lowest BCUT2D eigenvalue weighted by molar-refractivity contribution is 0.0354. The van der Waals surface area contributed by atoms with Gasteiger partial charge in [-0.05, 0) is 38.8 Å². The molecule has 0 radical (unpaired) electrons. The van der Waals surface area contributed by atoms with Crippen LogP contribution in [0.5, 0.6) is 0 Å². The molecule has 20 heavy (non-hydrogen) atoms. The molecule has 0 bridgehead atoms. The number of rotatable bonds is 5. The highest BCUT2D eigenvalue weighted by Gasteiger charge is 2.38. The number of hydrogen-bond donors (Lipinski definition) is 3. The van der Waals surface area contributed by atoms with Crippen LogP contribution >= 0.6 is 0 Å². The van der Waals surface area contributed by atoms with Crippen molar-refractivity contribution in [2.75, 3.05) is 32.8 Å². The highest BCUT2D eigenvalue weighted by atomic mass is 16.3. The van der Waals surface area contributed by atoms with Crippen LogP contribution in [-0.2, 0) is 0 Å². The summed E-state index contributed by atoms with van der Waals surface area (Å²) in [4.78, 5) is 14.3. The quantitative estimate of drug-likeness (QED) is 0.716. The molecule has 116 valence electrons. The smallest absolute Gasteiger partial charge is 0.314 e. The van der Waals surface area contributed by atoms with Gasteiger partial charge in [0.1, 0.15) is 0 Å². The van der Waals surface area contributed by atoms with E-state index in [9.17, 15) is 4.79 Å². The molecular formula is C15H29N3O2. The van der Waals surface area contributed by atoms with Gasteiger partial charge >= 0.3 is 6.03 Å². The van der Waals surface area contributed by atoms with Crippen molar-refractivity contribution in [2.45, 2.75) is 56.9 Å². The molecule has 1 aliphatic heterocycles. The SMILES string of the molecule is O=C(NCCO)NCC1(N2CCCCC2)CCCCC1. The summed E-state index contributed by atoms with van der Waals surface area (Å²) in [6.45, 7) is 3.41. The van der Waals surface area contributed by atoms with Crippen LogP contribution in [0.3, 0.4) is 0 Å². The number of hydrogen-bond acceptors (Lipinski definition) is 3. The zero-order chi connectivity index (χ0) is 14.3. The highest BCUT2D eigenvalue weighted by Crippen LogP contribution is 2.35. The molecule has 1 saturated carbocycles. The fourth-order valence-corrected chi connectivity index (χ4v) is 3.66. The van der Waals surface area contributed by atoms with E-state index in [2.05, 4.69) is 15.5 Å². The zero-order valence-electron chi connectivity index (χ0n) is 12.5. The predicted molar refractivity (Wildman–Crippen MR) is 79.7 cm³/mol. The molecule has 5 heteroatoms. The molecule has 2 fully saturated rings. The third-order valence-corrected chi connectivity index (χ3v) is 4.79. The third-order valence-electron chi connectivity index (χ3n) is 4.79. The Hall–Kier alpha value is -0.810. The summed E-state index contributed by atoms with van der Waals surface area (Å²) in [5.41, 5.74) is 0.176. The lowest BCUT2D eigenvalue weighted by atomic mass is 9.79. The standard InChI is InChI=1S/C15H29N3O2/c19-12-9-16-14(20)17-13-15(7-3-1-4-8-15)18-10-5-2-6-11-18/h19H,1-13H2,(H2,16,17,20). The maximum atomic E-state index is 11.7. The third kappa shape index (κ3) is 4.09. The zero-order valence-corrected chi connectivity index (χ0v) is 12.5. The van der Waals surface area contributed by atoms with Crippen molar-refractivity contribution in [3.05, 3.63) is 0 Å². The van der Waals surface area contributed by atoms with Gasteiger partial charge in [0.2, 0.25) is 0 Å². The van der Waals surface area contributed by atoms with E-state index in [1.807, 2.05) is 0 Å². The summed E-state index contributed by atoms with van der Waals surface area (Å²) in [7, 11) is 0. The van der Waals surface area contributed by atoms with Crippen LogP contribution in [0, 0.1) is 0 Å². The number of likely N-dealkylation sites (tertiary alicyclic amines) is 1. The molecule has 0 aromatic rings. The van der Waals surface area contributed by atoms with Gasteiger partial charge in [-0.25, -0.2) is 4.79 Å². The molecule has 3 N–H and O–H groups in total. The second kappa shape index (κ2) is 7.84. The van der Waals surface area contributed by atoms with E-state index < -0.39 is 0 Å². The predicted octanol–water partition coefficient (Wildman–Crippen LogP) is 1.47.